The lowest BCUT2D eigenvalue weighted by Gasteiger charge is -2.34. The Morgan fingerprint density at radius 3 is 2.39 bits per heavy atom. The lowest BCUT2D eigenvalue weighted by molar-refractivity contribution is 0.0877. The number of hydrogen-bond acceptors (Lipinski definition) is 5. The van der Waals surface area contributed by atoms with Gasteiger partial charge in [-0.05, 0) is 25.2 Å². The van der Waals surface area contributed by atoms with Crippen molar-refractivity contribution >= 4 is 0 Å². The van der Waals surface area contributed by atoms with Crippen molar-refractivity contribution in [3.05, 3.63) is 0 Å². The maximum Gasteiger partial charge on any atom is 0.0626 e. The van der Waals surface area contributed by atoms with Gasteiger partial charge in [-0.25, -0.2) is 0 Å². The topological polar surface area (TPSA) is 68.0 Å². The molecule has 0 spiro atoms. The average molecular weight is 260 g/mol. The summed E-state index contributed by atoms with van der Waals surface area (Å²) in [6.45, 7) is 4.03. The summed E-state index contributed by atoms with van der Waals surface area (Å²) in [5.41, 5.74) is 5.87. The van der Waals surface area contributed by atoms with Crippen LogP contribution in [0.2, 0.25) is 0 Å². The molecule has 0 aromatic heterocycles. The summed E-state index contributed by atoms with van der Waals surface area (Å²) < 4.78 is 10.2. The van der Waals surface area contributed by atoms with E-state index in [-0.39, 0.29) is 6.61 Å². The maximum atomic E-state index is 9.53. The minimum absolute atomic E-state index is 0.0609. The molecule has 0 aromatic carbocycles. The highest BCUT2D eigenvalue weighted by Gasteiger charge is 2.42. The van der Waals surface area contributed by atoms with Gasteiger partial charge in [0.15, 0.2) is 0 Å². The Labute approximate surface area is 110 Å². The highest BCUT2D eigenvalue weighted by molar-refractivity contribution is 5.00. The summed E-state index contributed by atoms with van der Waals surface area (Å²) in [5.74, 6) is 0.481. The second-order valence-corrected chi connectivity index (χ2v) is 5.28. The first kappa shape index (κ1) is 15.9. The van der Waals surface area contributed by atoms with Gasteiger partial charge in [-0.1, -0.05) is 0 Å². The van der Waals surface area contributed by atoms with Gasteiger partial charge in [-0.15, -0.1) is 0 Å². The van der Waals surface area contributed by atoms with E-state index in [2.05, 4.69) is 4.90 Å². The highest BCUT2D eigenvalue weighted by Crippen LogP contribution is 2.38. The van der Waals surface area contributed by atoms with Crippen LogP contribution in [0, 0.1) is 5.92 Å². The first-order chi connectivity index (χ1) is 8.66. The molecule has 1 aliphatic carbocycles. The third kappa shape index (κ3) is 5.20. The first-order valence-electron chi connectivity index (χ1n) is 6.76. The summed E-state index contributed by atoms with van der Waals surface area (Å²) in [5, 5.41) is 9.53. The van der Waals surface area contributed by atoms with Crippen molar-refractivity contribution < 1.29 is 14.6 Å². The molecule has 0 bridgehead atoms. The van der Waals surface area contributed by atoms with Gasteiger partial charge < -0.3 is 20.3 Å². The van der Waals surface area contributed by atoms with E-state index in [0.717, 1.165) is 45.5 Å². The molecule has 1 unspecified atom stereocenters. The monoisotopic (exact) mass is 260 g/mol. The van der Waals surface area contributed by atoms with Crippen molar-refractivity contribution in [3.63, 3.8) is 0 Å². The van der Waals surface area contributed by atoms with Crippen molar-refractivity contribution in [2.45, 2.75) is 24.8 Å². The lowest BCUT2D eigenvalue weighted by atomic mass is 9.94. The largest absolute Gasteiger partial charge is 0.394 e. The molecule has 3 N–H and O–H groups in total. The number of nitrogens with zero attached hydrogens (tertiary/aromatic N) is 1. The number of methoxy groups -OCH3 is 2. The molecule has 0 heterocycles. The number of aliphatic hydroxyl groups excluding tert-OH is 1. The van der Waals surface area contributed by atoms with Crippen LogP contribution in [-0.4, -0.2) is 69.2 Å². The van der Waals surface area contributed by atoms with E-state index in [0.29, 0.717) is 12.5 Å². The minimum Gasteiger partial charge on any atom is -0.394 e. The highest BCUT2D eigenvalue weighted by atomic mass is 16.5. The Morgan fingerprint density at radius 2 is 1.89 bits per heavy atom. The van der Waals surface area contributed by atoms with E-state index in [1.54, 1.807) is 14.2 Å². The molecule has 5 nitrogen and oxygen atoms in total. The van der Waals surface area contributed by atoms with Crippen molar-refractivity contribution in [1.29, 1.82) is 0 Å². The van der Waals surface area contributed by atoms with Crippen LogP contribution in [0.15, 0.2) is 0 Å². The third-order valence-electron chi connectivity index (χ3n) is 3.64. The second-order valence-electron chi connectivity index (χ2n) is 5.28. The molecule has 0 aliphatic heterocycles. The van der Waals surface area contributed by atoms with Crippen LogP contribution in [0.3, 0.4) is 0 Å². The van der Waals surface area contributed by atoms with E-state index >= 15 is 0 Å². The zero-order chi connectivity index (χ0) is 13.4. The van der Waals surface area contributed by atoms with Crippen LogP contribution in [0.1, 0.15) is 19.3 Å². The van der Waals surface area contributed by atoms with E-state index < -0.39 is 5.54 Å². The normalized spacial score (nSPS) is 19.2. The number of ether oxygens (including phenoxy) is 2. The Bertz CT molecular complexity index is 224. The zero-order valence-corrected chi connectivity index (χ0v) is 11.7. The molecule has 0 radical (unpaired) electrons. The average Bonchev–Trinajstić information content (AvgIpc) is 3.20. The van der Waals surface area contributed by atoms with Gasteiger partial charge in [0, 0.05) is 40.5 Å². The second kappa shape index (κ2) is 8.07. The molecule has 18 heavy (non-hydrogen) atoms. The van der Waals surface area contributed by atoms with Crippen LogP contribution >= 0.6 is 0 Å². The zero-order valence-electron chi connectivity index (χ0n) is 11.7. The molecule has 0 saturated heterocycles. The van der Waals surface area contributed by atoms with Crippen LogP contribution < -0.4 is 5.73 Å². The summed E-state index contributed by atoms with van der Waals surface area (Å²) >= 11 is 0. The maximum absolute atomic E-state index is 9.53. The summed E-state index contributed by atoms with van der Waals surface area (Å²) in [4.78, 5) is 2.27. The number of rotatable bonds is 11. The van der Waals surface area contributed by atoms with Crippen molar-refractivity contribution in [1.82, 2.24) is 4.90 Å². The number of aliphatic hydroxyl groups is 1. The van der Waals surface area contributed by atoms with E-state index in [1.165, 1.54) is 0 Å². The minimum atomic E-state index is -0.444. The first-order valence-corrected chi connectivity index (χ1v) is 6.76. The Kier molecular flexibility index (Phi) is 7.11. The summed E-state index contributed by atoms with van der Waals surface area (Å²) in [7, 11) is 3.42. The van der Waals surface area contributed by atoms with Crippen molar-refractivity contribution in [2.75, 3.05) is 53.7 Å². The molecule has 1 atom stereocenters. The fourth-order valence-electron chi connectivity index (χ4n) is 2.31. The third-order valence-corrected chi connectivity index (χ3v) is 3.64. The van der Waals surface area contributed by atoms with E-state index in [9.17, 15) is 5.11 Å². The van der Waals surface area contributed by atoms with E-state index in [4.69, 9.17) is 15.2 Å². The molecule has 1 aliphatic rings. The van der Waals surface area contributed by atoms with Crippen LogP contribution in [0.25, 0.3) is 0 Å². The molecular formula is C13H28N2O3. The van der Waals surface area contributed by atoms with E-state index in [1.807, 2.05) is 0 Å². The van der Waals surface area contributed by atoms with Gasteiger partial charge in [-0.2, -0.15) is 0 Å². The predicted molar refractivity (Wildman–Crippen MR) is 71.5 cm³/mol. The van der Waals surface area contributed by atoms with Gasteiger partial charge >= 0.3 is 0 Å². The standard InChI is InChI=1S/C13H28N2O3/c1-17-8-3-6-15(7-9-18-2)10-13(14,11-16)12-4-5-12/h12,16H,3-11,14H2,1-2H3. The molecule has 5 heteroatoms. The van der Waals surface area contributed by atoms with Crippen LogP contribution in [-0.2, 0) is 9.47 Å². The number of nitrogens with two attached hydrogens (primary N) is 1. The fourth-order valence-corrected chi connectivity index (χ4v) is 2.31. The molecule has 0 aromatic rings. The predicted octanol–water partition coefficient (Wildman–Crippen LogP) is 0.0711. The Balaban J connectivity index is 2.41. The SMILES string of the molecule is COCCCN(CCOC)CC(N)(CO)C1CC1. The van der Waals surface area contributed by atoms with Gasteiger partial charge in [0.05, 0.1) is 18.8 Å². The van der Waals surface area contributed by atoms with Crippen LogP contribution in [0.5, 0.6) is 0 Å². The van der Waals surface area contributed by atoms with Crippen LogP contribution in [0.4, 0.5) is 0 Å². The smallest absolute Gasteiger partial charge is 0.0626 e. The number of hydrogen-bond donors (Lipinski definition) is 2. The molecule has 0 amide bonds. The van der Waals surface area contributed by atoms with Gasteiger partial charge in [0.2, 0.25) is 0 Å². The lowest BCUT2D eigenvalue weighted by Crippen LogP contribution is -2.55. The van der Waals surface area contributed by atoms with Gasteiger partial charge in [-0.3, -0.25) is 4.90 Å². The molecule has 108 valence electrons. The molecule has 1 saturated carbocycles. The molecular weight excluding hydrogens is 232 g/mol. The summed E-state index contributed by atoms with van der Waals surface area (Å²) in [6, 6.07) is 0. The quantitative estimate of drug-likeness (QED) is 0.515. The summed E-state index contributed by atoms with van der Waals surface area (Å²) in [6.07, 6.45) is 3.27. The fraction of sp³-hybridized carbons (Fsp3) is 1.00. The van der Waals surface area contributed by atoms with Crippen molar-refractivity contribution in [2.24, 2.45) is 11.7 Å². The van der Waals surface area contributed by atoms with Gasteiger partial charge in [0.1, 0.15) is 0 Å². The van der Waals surface area contributed by atoms with Gasteiger partial charge in [0.25, 0.3) is 0 Å². The Morgan fingerprint density at radius 1 is 1.22 bits per heavy atom. The molecule has 1 rings (SSSR count). The van der Waals surface area contributed by atoms with Crippen molar-refractivity contribution in [3.8, 4) is 0 Å². The Hall–Kier alpha value is -0.200. The molecule has 1 fully saturated rings.